The predicted molar refractivity (Wildman–Crippen MR) is 84.0 cm³/mol. The highest BCUT2D eigenvalue weighted by molar-refractivity contribution is 5.73. The molecule has 2 amide bonds. The Morgan fingerprint density at radius 3 is 3.00 bits per heavy atom. The quantitative estimate of drug-likeness (QED) is 0.797. The maximum atomic E-state index is 11.9. The largest absolute Gasteiger partial charge is 0.392 e. The molecule has 1 aromatic rings. The number of benzene rings is 1. The van der Waals surface area contributed by atoms with Crippen molar-refractivity contribution in [2.45, 2.75) is 45.3 Å². The minimum Gasteiger partial charge on any atom is -0.392 e. The standard InChI is InChI=1S/C17H23N3O2/c1-17(8-3-2-7-15(17)21)12-20-16(22)19-11-14-6-4-5-13(9-14)10-18/h4-6,9,15,21H,2-3,7-8,11-12H2,1H3,(H2,19,20,22)/t15-,17-/m0/s1. The number of nitrogens with one attached hydrogen (secondary N) is 2. The summed E-state index contributed by atoms with van der Waals surface area (Å²) in [6.07, 6.45) is 3.53. The first-order valence-electron chi connectivity index (χ1n) is 7.72. The van der Waals surface area contributed by atoms with E-state index in [1.807, 2.05) is 13.0 Å². The highest BCUT2D eigenvalue weighted by atomic mass is 16.3. The lowest BCUT2D eigenvalue weighted by Gasteiger charge is -2.38. The molecule has 2 rings (SSSR count). The third kappa shape index (κ3) is 4.22. The molecule has 22 heavy (non-hydrogen) atoms. The van der Waals surface area contributed by atoms with E-state index in [-0.39, 0.29) is 17.6 Å². The van der Waals surface area contributed by atoms with Crippen molar-refractivity contribution in [1.82, 2.24) is 10.6 Å². The molecular weight excluding hydrogens is 278 g/mol. The lowest BCUT2D eigenvalue weighted by Crippen LogP contribution is -2.47. The molecule has 0 spiro atoms. The molecule has 0 saturated heterocycles. The fraction of sp³-hybridized carbons (Fsp3) is 0.529. The molecule has 1 fully saturated rings. The van der Waals surface area contributed by atoms with Crippen molar-refractivity contribution in [2.24, 2.45) is 5.41 Å². The Kier molecular flexibility index (Phi) is 5.40. The minimum atomic E-state index is -0.353. The van der Waals surface area contributed by atoms with Crippen LogP contribution in [-0.2, 0) is 6.54 Å². The number of hydrogen-bond donors (Lipinski definition) is 3. The maximum Gasteiger partial charge on any atom is 0.315 e. The van der Waals surface area contributed by atoms with E-state index in [2.05, 4.69) is 16.7 Å². The van der Waals surface area contributed by atoms with Gasteiger partial charge in [0, 0.05) is 18.5 Å². The summed E-state index contributed by atoms with van der Waals surface area (Å²) in [7, 11) is 0. The van der Waals surface area contributed by atoms with E-state index in [0.717, 1.165) is 31.2 Å². The number of carbonyl (C=O) groups is 1. The first-order valence-corrected chi connectivity index (χ1v) is 7.72. The number of hydrogen-bond acceptors (Lipinski definition) is 3. The molecular formula is C17H23N3O2. The van der Waals surface area contributed by atoms with E-state index >= 15 is 0 Å². The fourth-order valence-corrected chi connectivity index (χ4v) is 2.87. The average Bonchev–Trinajstić information content (AvgIpc) is 2.54. The van der Waals surface area contributed by atoms with Crippen LogP contribution in [0.4, 0.5) is 4.79 Å². The summed E-state index contributed by atoms with van der Waals surface area (Å²) in [5.41, 5.74) is 1.23. The van der Waals surface area contributed by atoms with Gasteiger partial charge >= 0.3 is 6.03 Å². The molecule has 1 aromatic carbocycles. The van der Waals surface area contributed by atoms with Gasteiger partial charge in [0.1, 0.15) is 0 Å². The average molecular weight is 301 g/mol. The second-order valence-electron chi connectivity index (χ2n) is 6.26. The van der Waals surface area contributed by atoms with Gasteiger partial charge in [-0.1, -0.05) is 31.9 Å². The fourth-order valence-electron chi connectivity index (χ4n) is 2.87. The molecule has 3 N–H and O–H groups in total. The number of carbonyl (C=O) groups excluding carboxylic acids is 1. The molecule has 0 unspecified atom stereocenters. The molecule has 0 bridgehead atoms. The van der Waals surface area contributed by atoms with Crippen LogP contribution in [0.15, 0.2) is 24.3 Å². The lowest BCUT2D eigenvalue weighted by molar-refractivity contribution is 0.00309. The summed E-state index contributed by atoms with van der Waals surface area (Å²) in [6, 6.07) is 8.98. The summed E-state index contributed by atoms with van der Waals surface area (Å²) in [4.78, 5) is 11.9. The van der Waals surface area contributed by atoms with Crippen LogP contribution < -0.4 is 10.6 Å². The van der Waals surface area contributed by atoms with Gasteiger partial charge in [-0.15, -0.1) is 0 Å². The van der Waals surface area contributed by atoms with Crippen molar-refractivity contribution < 1.29 is 9.90 Å². The SMILES string of the molecule is C[C@@]1(CNC(=O)NCc2cccc(C#N)c2)CCCC[C@@H]1O. The molecule has 5 heteroatoms. The van der Waals surface area contributed by atoms with Gasteiger partial charge in [-0.2, -0.15) is 5.26 Å². The van der Waals surface area contributed by atoms with Crippen LogP contribution in [0.5, 0.6) is 0 Å². The highest BCUT2D eigenvalue weighted by Gasteiger charge is 2.35. The first-order chi connectivity index (χ1) is 10.5. The van der Waals surface area contributed by atoms with E-state index in [0.29, 0.717) is 18.7 Å². The van der Waals surface area contributed by atoms with E-state index in [1.54, 1.807) is 18.2 Å². The Morgan fingerprint density at radius 2 is 2.27 bits per heavy atom. The molecule has 0 heterocycles. The molecule has 118 valence electrons. The summed E-state index contributed by atoms with van der Waals surface area (Å²) in [6.45, 7) is 2.87. The van der Waals surface area contributed by atoms with Crippen LogP contribution in [0.25, 0.3) is 0 Å². The third-order valence-electron chi connectivity index (χ3n) is 4.44. The van der Waals surface area contributed by atoms with Crippen molar-refractivity contribution in [2.75, 3.05) is 6.54 Å². The van der Waals surface area contributed by atoms with Gasteiger partial charge in [-0.05, 0) is 30.5 Å². The van der Waals surface area contributed by atoms with E-state index in [9.17, 15) is 9.90 Å². The van der Waals surface area contributed by atoms with Crippen molar-refractivity contribution in [1.29, 1.82) is 5.26 Å². The first kappa shape index (κ1) is 16.3. The summed E-state index contributed by atoms with van der Waals surface area (Å²) in [5.74, 6) is 0. The molecule has 1 saturated carbocycles. The van der Waals surface area contributed by atoms with Gasteiger partial charge in [0.05, 0.1) is 17.7 Å². The molecule has 1 aliphatic carbocycles. The number of aliphatic hydroxyl groups is 1. The Morgan fingerprint density at radius 1 is 1.45 bits per heavy atom. The number of amides is 2. The highest BCUT2D eigenvalue weighted by Crippen LogP contribution is 2.35. The molecule has 0 radical (unpaired) electrons. The molecule has 5 nitrogen and oxygen atoms in total. The van der Waals surface area contributed by atoms with Crippen LogP contribution in [0.1, 0.15) is 43.7 Å². The van der Waals surface area contributed by atoms with Crippen molar-refractivity contribution in [3.63, 3.8) is 0 Å². The number of urea groups is 1. The zero-order chi connectivity index (χ0) is 16.0. The van der Waals surface area contributed by atoms with Gasteiger partial charge in [-0.25, -0.2) is 4.79 Å². The van der Waals surface area contributed by atoms with Crippen molar-refractivity contribution >= 4 is 6.03 Å². The Balaban J connectivity index is 1.79. The second-order valence-corrected chi connectivity index (χ2v) is 6.26. The number of nitriles is 1. The second kappa shape index (κ2) is 7.28. The van der Waals surface area contributed by atoms with Crippen molar-refractivity contribution in [3.8, 4) is 6.07 Å². The molecule has 0 aromatic heterocycles. The normalized spacial score (nSPS) is 24.3. The molecule has 2 atom stereocenters. The van der Waals surface area contributed by atoms with Gasteiger partial charge in [-0.3, -0.25) is 0 Å². The zero-order valence-electron chi connectivity index (χ0n) is 12.9. The number of rotatable bonds is 4. The topological polar surface area (TPSA) is 85.2 Å². The van der Waals surface area contributed by atoms with Gasteiger partial charge in [0.15, 0.2) is 0 Å². The van der Waals surface area contributed by atoms with Crippen LogP contribution in [0, 0.1) is 16.7 Å². The number of aliphatic hydroxyl groups excluding tert-OH is 1. The summed E-state index contributed by atoms with van der Waals surface area (Å²) < 4.78 is 0. The molecule has 1 aliphatic rings. The molecule has 0 aliphatic heterocycles. The predicted octanol–water partition coefficient (Wildman–Crippen LogP) is 2.30. The van der Waals surface area contributed by atoms with E-state index in [4.69, 9.17) is 5.26 Å². The Labute approximate surface area is 131 Å². The monoisotopic (exact) mass is 301 g/mol. The van der Waals surface area contributed by atoms with Crippen LogP contribution >= 0.6 is 0 Å². The van der Waals surface area contributed by atoms with Gasteiger partial charge in [0.25, 0.3) is 0 Å². The van der Waals surface area contributed by atoms with Gasteiger partial charge < -0.3 is 15.7 Å². The smallest absolute Gasteiger partial charge is 0.315 e. The summed E-state index contributed by atoms with van der Waals surface area (Å²) >= 11 is 0. The van der Waals surface area contributed by atoms with E-state index < -0.39 is 0 Å². The van der Waals surface area contributed by atoms with E-state index in [1.165, 1.54) is 0 Å². The number of nitrogens with zero attached hydrogens (tertiary/aromatic N) is 1. The van der Waals surface area contributed by atoms with Crippen LogP contribution in [0.3, 0.4) is 0 Å². The maximum absolute atomic E-state index is 11.9. The van der Waals surface area contributed by atoms with Gasteiger partial charge in [0.2, 0.25) is 0 Å². The van der Waals surface area contributed by atoms with Crippen LogP contribution in [0.2, 0.25) is 0 Å². The Hall–Kier alpha value is -2.06. The third-order valence-corrected chi connectivity index (χ3v) is 4.44. The van der Waals surface area contributed by atoms with Crippen molar-refractivity contribution in [3.05, 3.63) is 35.4 Å². The lowest BCUT2D eigenvalue weighted by atomic mass is 9.73. The minimum absolute atomic E-state index is 0.240. The summed E-state index contributed by atoms with van der Waals surface area (Å²) in [5, 5.41) is 24.6. The van der Waals surface area contributed by atoms with Crippen LogP contribution in [-0.4, -0.2) is 23.8 Å². The zero-order valence-corrected chi connectivity index (χ0v) is 12.9. The Bertz CT molecular complexity index is 567.